The molecule has 0 aromatic rings. The molecule has 7 atom stereocenters. The smallest absolute Gasteiger partial charge is 0.309 e. The largest absolute Gasteiger partial charge is 0.465 e. The van der Waals surface area contributed by atoms with Crippen molar-refractivity contribution in [2.45, 2.75) is 77.4 Å². The van der Waals surface area contributed by atoms with Crippen LogP contribution in [0.1, 0.15) is 65.7 Å². The maximum atomic E-state index is 12.8. The van der Waals surface area contributed by atoms with Crippen LogP contribution < -0.4 is 0 Å². The first-order valence-corrected chi connectivity index (χ1v) is 9.87. The van der Waals surface area contributed by atoms with Crippen molar-refractivity contribution in [2.75, 3.05) is 6.61 Å². The standard InChI is InChI=1S/C21H32O3/c1-5-13(2)17-11-20(3)10-15(20)9-16(17)19(22)23-12-14-6-7-21(4)18(8-14)24-21/h14-18H,2,5-12H2,1,3-4H3. The molecular weight excluding hydrogens is 300 g/mol. The summed E-state index contributed by atoms with van der Waals surface area (Å²) in [6, 6.07) is 0. The van der Waals surface area contributed by atoms with Crippen molar-refractivity contribution in [3.8, 4) is 0 Å². The van der Waals surface area contributed by atoms with E-state index in [1.165, 1.54) is 12.0 Å². The lowest BCUT2D eigenvalue weighted by Crippen LogP contribution is -2.34. The van der Waals surface area contributed by atoms with Crippen molar-refractivity contribution >= 4 is 5.97 Å². The number of fused-ring (bicyclic) bond motifs is 2. The molecule has 0 aromatic carbocycles. The summed E-state index contributed by atoms with van der Waals surface area (Å²) in [7, 11) is 0. The number of rotatable bonds is 5. The number of hydrogen-bond donors (Lipinski definition) is 0. The molecule has 3 aliphatic carbocycles. The van der Waals surface area contributed by atoms with E-state index in [-0.39, 0.29) is 17.5 Å². The van der Waals surface area contributed by atoms with Gasteiger partial charge in [0.25, 0.3) is 0 Å². The Morgan fingerprint density at radius 2 is 2.04 bits per heavy atom. The Morgan fingerprint density at radius 3 is 2.75 bits per heavy atom. The van der Waals surface area contributed by atoms with Gasteiger partial charge in [0.2, 0.25) is 0 Å². The highest BCUT2D eigenvalue weighted by molar-refractivity contribution is 5.73. The van der Waals surface area contributed by atoms with Crippen LogP contribution in [0.4, 0.5) is 0 Å². The van der Waals surface area contributed by atoms with Crippen LogP contribution in [-0.2, 0) is 14.3 Å². The van der Waals surface area contributed by atoms with E-state index in [1.54, 1.807) is 0 Å². The van der Waals surface area contributed by atoms with E-state index in [0.717, 1.165) is 44.4 Å². The van der Waals surface area contributed by atoms with Gasteiger partial charge in [-0.1, -0.05) is 26.0 Å². The lowest BCUT2D eigenvalue weighted by Gasteiger charge is -2.34. The maximum Gasteiger partial charge on any atom is 0.309 e. The molecule has 1 saturated heterocycles. The first kappa shape index (κ1) is 16.6. The number of epoxide rings is 1. The van der Waals surface area contributed by atoms with Gasteiger partial charge in [0.05, 0.1) is 24.2 Å². The third-order valence-electron chi connectivity index (χ3n) is 7.62. The molecule has 3 saturated carbocycles. The van der Waals surface area contributed by atoms with E-state index >= 15 is 0 Å². The second-order valence-electron chi connectivity index (χ2n) is 9.41. The van der Waals surface area contributed by atoms with Crippen molar-refractivity contribution in [1.82, 2.24) is 0 Å². The zero-order valence-electron chi connectivity index (χ0n) is 15.5. The molecule has 0 radical (unpaired) electrons. The molecule has 3 nitrogen and oxygen atoms in total. The molecular formula is C21H32O3. The molecule has 4 rings (SSSR count). The van der Waals surface area contributed by atoms with Crippen LogP contribution in [0.2, 0.25) is 0 Å². The van der Waals surface area contributed by atoms with Crippen LogP contribution in [0.3, 0.4) is 0 Å². The Labute approximate surface area is 146 Å². The number of hydrogen-bond acceptors (Lipinski definition) is 3. The molecule has 4 aliphatic rings. The second kappa shape index (κ2) is 5.59. The summed E-state index contributed by atoms with van der Waals surface area (Å²) >= 11 is 0. The quantitative estimate of drug-likeness (QED) is 0.422. The molecule has 1 heterocycles. The minimum absolute atomic E-state index is 0.0357. The third kappa shape index (κ3) is 2.83. The monoisotopic (exact) mass is 332 g/mol. The number of esters is 1. The Balaban J connectivity index is 1.33. The first-order chi connectivity index (χ1) is 11.3. The van der Waals surface area contributed by atoms with Gasteiger partial charge in [0, 0.05) is 0 Å². The second-order valence-corrected chi connectivity index (χ2v) is 9.41. The predicted molar refractivity (Wildman–Crippen MR) is 93.4 cm³/mol. The molecule has 134 valence electrons. The van der Waals surface area contributed by atoms with Gasteiger partial charge in [-0.3, -0.25) is 4.79 Å². The minimum atomic E-state index is 0.0357. The van der Waals surface area contributed by atoms with Gasteiger partial charge in [-0.2, -0.15) is 0 Å². The summed E-state index contributed by atoms with van der Waals surface area (Å²) in [5.41, 5.74) is 1.85. The molecule has 3 heteroatoms. The topological polar surface area (TPSA) is 38.8 Å². The van der Waals surface area contributed by atoms with Gasteiger partial charge in [0.1, 0.15) is 0 Å². The third-order valence-corrected chi connectivity index (χ3v) is 7.62. The van der Waals surface area contributed by atoms with Crippen molar-refractivity contribution in [1.29, 1.82) is 0 Å². The van der Waals surface area contributed by atoms with Gasteiger partial charge < -0.3 is 9.47 Å². The van der Waals surface area contributed by atoms with E-state index in [4.69, 9.17) is 9.47 Å². The van der Waals surface area contributed by atoms with Crippen LogP contribution in [-0.4, -0.2) is 24.3 Å². The molecule has 1 aliphatic heterocycles. The number of carbonyl (C=O) groups excluding carboxylic acids is 1. The van der Waals surface area contributed by atoms with Gasteiger partial charge >= 0.3 is 5.97 Å². The van der Waals surface area contributed by atoms with Crippen molar-refractivity contribution in [3.63, 3.8) is 0 Å². The predicted octanol–water partition coefficient (Wildman–Crippen LogP) is 4.51. The van der Waals surface area contributed by atoms with E-state index in [2.05, 4.69) is 27.4 Å². The summed E-state index contributed by atoms with van der Waals surface area (Å²) in [6.07, 6.45) is 8.08. The highest BCUT2D eigenvalue weighted by atomic mass is 16.6. The summed E-state index contributed by atoms with van der Waals surface area (Å²) in [5.74, 6) is 1.62. The van der Waals surface area contributed by atoms with Crippen molar-refractivity contribution < 1.29 is 14.3 Å². The van der Waals surface area contributed by atoms with Crippen molar-refractivity contribution in [2.24, 2.45) is 29.1 Å². The molecule has 0 amide bonds. The highest BCUT2D eigenvalue weighted by Gasteiger charge is 2.58. The van der Waals surface area contributed by atoms with Gasteiger partial charge in [-0.15, -0.1) is 0 Å². The van der Waals surface area contributed by atoms with Gasteiger partial charge in [-0.25, -0.2) is 0 Å². The molecule has 0 aromatic heterocycles. The van der Waals surface area contributed by atoms with E-state index < -0.39 is 0 Å². The average molecular weight is 332 g/mol. The SMILES string of the molecule is C=C(CC)C1CC2(C)CC2CC1C(=O)OCC1CCC2(C)OC2C1. The highest BCUT2D eigenvalue weighted by Crippen LogP contribution is 2.64. The van der Waals surface area contributed by atoms with Gasteiger partial charge in [0.15, 0.2) is 0 Å². The lowest BCUT2D eigenvalue weighted by atomic mass is 9.71. The Kier molecular flexibility index (Phi) is 3.87. The number of allylic oxidation sites excluding steroid dienone is 1. The Bertz CT molecular complexity index is 555. The van der Waals surface area contributed by atoms with Crippen LogP contribution in [0.25, 0.3) is 0 Å². The van der Waals surface area contributed by atoms with Crippen LogP contribution in [0.15, 0.2) is 12.2 Å². The average Bonchev–Trinajstić information content (AvgIpc) is 3.42. The summed E-state index contributed by atoms with van der Waals surface area (Å²) in [4.78, 5) is 12.8. The molecule has 24 heavy (non-hydrogen) atoms. The Hall–Kier alpha value is -0.830. The van der Waals surface area contributed by atoms with Crippen LogP contribution >= 0.6 is 0 Å². The van der Waals surface area contributed by atoms with E-state index in [0.29, 0.717) is 30.0 Å². The van der Waals surface area contributed by atoms with E-state index in [1.807, 2.05) is 0 Å². The Morgan fingerprint density at radius 1 is 1.25 bits per heavy atom. The van der Waals surface area contributed by atoms with E-state index in [9.17, 15) is 4.79 Å². The zero-order valence-corrected chi connectivity index (χ0v) is 15.5. The normalized spacial score (nSPS) is 48.9. The van der Waals surface area contributed by atoms with Crippen molar-refractivity contribution in [3.05, 3.63) is 12.2 Å². The van der Waals surface area contributed by atoms with Crippen LogP contribution in [0.5, 0.6) is 0 Å². The molecule has 0 N–H and O–H groups in total. The fraction of sp³-hybridized carbons (Fsp3) is 0.857. The molecule has 0 spiro atoms. The zero-order chi connectivity index (χ0) is 17.1. The van der Waals surface area contributed by atoms with Gasteiger partial charge in [-0.05, 0) is 75.0 Å². The number of ether oxygens (including phenoxy) is 2. The summed E-state index contributed by atoms with van der Waals surface area (Å²) in [6.45, 7) is 11.6. The molecule has 0 bridgehead atoms. The molecule has 4 fully saturated rings. The summed E-state index contributed by atoms with van der Waals surface area (Å²) < 4.78 is 11.6. The minimum Gasteiger partial charge on any atom is -0.465 e. The maximum absolute atomic E-state index is 12.8. The fourth-order valence-electron chi connectivity index (χ4n) is 5.37. The summed E-state index contributed by atoms with van der Waals surface area (Å²) in [5, 5.41) is 0. The fourth-order valence-corrected chi connectivity index (χ4v) is 5.37. The number of carbonyl (C=O) groups is 1. The lowest BCUT2D eigenvalue weighted by molar-refractivity contribution is -0.153. The molecule has 7 unspecified atom stereocenters. The first-order valence-electron chi connectivity index (χ1n) is 9.87. The van der Waals surface area contributed by atoms with Crippen LogP contribution in [0, 0.1) is 29.1 Å².